The smallest absolute Gasteiger partial charge is 0.293 e. The molecule has 2 heterocycles. The van der Waals surface area contributed by atoms with Crippen molar-refractivity contribution in [3.8, 4) is 5.75 Å². The van der Waals surface area contributed by atoms with Crippen LogP contribution in [0.2, 0.25) is 5.02 Å². The van der Waals surface area contributed by atoms with Crippen LogP contribution in [0.15, 0.2) is 59.2 Å². The zero-order chi connectivity index (χ0) is 20.4. The van der Waals surface area contributed by atoms with Crippen LogP contribution in [0.3, 0.4) is 0 Å². The van der Waals surface area contributed by atoms with Gasteiger partial charge in [0.05, 0.1) is 18.9 Å². The number of amides is 2. The molecule has 0 aliphatic carbocycles. The molecule has 29 heavy (non-hydrogen) atoms. The maximum atomic E-state index is 12.7. The van der Waals surface area contributed by atoms with Gasteiger partial charge in [0.15, 0.2) is 5.76 Å². The number of benzene rings is 2. The molecular formula is C22H19ClN2O4. The first-order valence-corrected chi connectivity index (χ1v) is 9.58. The van der Waals surface area contributed by atoms with Crippen molar-refractivity contribution in [2.75, 3.05) is 23.9 Å². The molecule has 6 nitrogen and oxygen atoms in total. The molecule has 1 N–H and O–H groups in total. The summed E-state index contributed by atoms with van der Waals surface area (Å²) in [5.41, 5.74) is 2.82. The summed E-state index contributed by atoms with van der Waals surface area (Å²) in [6.07, 6.45) is 3.14. The highest BCUT2D eigenvalue weighted by atomic mass is 35.5. The van der Waals surface area contributed by atoms with Crippen molar-refractivity contribution < 1.29 is 18.7 Å². The van der Waals surface area contributed by atoms with Gasteiger partial charge >= 0.3 is 0 Å². The number of furan rings is 1. The predicted molar refractivity (Wildman–Crippen MR) is 111 cm³/mol. The van der Waals surface area contributed by atoms with E-state index in [1.807, 2.05) is 12.1 Å². The summed E-state index contributed by atoms with van der Waals surface area (Å²) in [6, 6.07) is 13.8. The van der Waals surface area contributed by atoms with E-state index in [9.17, 15) is 9.59 Å². The molecule has 0 atom stereocenters. The third-order valence-electron chi connectivity index (χ3n) is 4.84. The van der Waals surface area contributed by atoms with Crippen molar-refractivity contribution in [1.29, 1.82) is 0 Å². The Morgan fingerprint density at radius 2 is 2.03 bits per heavy atom. The molecule has 0 fully saturated rings. The molecule has 0 saturated heterocycles. The lowest BCUT2D eigenvalue weighted by atomic mass is 10.0. The molecule has 0 bridgehead atoms. The number of rotatable bonds is 4. The van der Waals surface area contributed by atoms with Crippen LogP contribution >= 0.6 is 11.6 Å². The Bertz CT molecular complexity index is 1060. The van der Waals surface area contributed by atoms with Gasteiger partial charge in [-0.3, -0.25) is 9.59 Å². The molecule has 4 rings (SSSR count). The Kier molecular flexibility index (Phi) is 5.27. The van der Waals surface area contributed by atoms with Crippen LogP contribution in [0, 0.1) is 0 Å². The Labute approximate surface area is 173 Å². The van der Waals surface area contributed by atoms with Gasteiger partial charge in [0.2, 0.25) is 0 Å². The highest BCUT2D eigenvalue weighted by Crippen LogP contribution is 2.31. The molecule has 0 radical (unpaired) electrons. The number of fused-ring (bicyclic) bond motifs is 1. The van der Waals surface area contributed by atoms with Gasteiger partial charge in [0.1, 0.15) is 5.75 Å². The van der Waals surface area contributed by atoms with Crippen LogP contribution in [0.5, 0.6) is 5.75 Å². The summed E-state index contributed by atoms with van der Waals surface area (Å²) < 4.78 is 10.5. The lowest BCUT2D eigenvalue weighted by Crippen LogP contribution is -2.35. The van der Waals surface area contributed by atoms with Gasteiger partial charge in [-0.15, -0.1) is 0 Å². The minimum Gasteiger partial charge on any atom is -0.496 e. The average Bonchev–Trinajstić information content (AvgIpc) is 3.27. The number of hydrogen-bond acceptors (Lipinski definition) is 4. The zero-order valence-corrected chi connectivity index (χ0v) is 16.5. The normalized spacial score (nSPS) is 13.0. The van der Waals surface area contributed by atoms with E-state index < -0.39 is 0 Å². The minimum absolute atomic E-state index is 0.170. The number of hydrogen-bond donors (Lipinski definition) is 1. The molecule has 1 aromatic heterocycles. The van der Waals surface area contributed by atoms with Crippen molar-refractivity contribution in [3.63, 3.8) is 0 Å². The third kappa shape index (κ3) is 3.84. The molecule has 1 aliphatic rings. The second-order valence-electron chi connectivity index (χ2n) is 6.68. The highest BCUT2D eigenvalue weighted by molar-refractivity contribution is 6.31. The molecule has 0 spiro atoms. The van der Waals surface area contributed by atoms with E-state index in [0.717, 1.165) is 24.1 Å². The lowest BCUT2D eigenvalue weighted by molar-refractivity contribution is 0.0957. The first kappa shape index (κ1) is 19.1. The molecule has 7 heteroatoms. The monoisotopic (exact) mass is 410 g/mol. The molecule has 2 amide bonds. The Balaban J connectivity index is 1.58. The number of carbonyl (C=O) groups is 2. The van der Waals surface area contributed by atoms with Gasteiger partial charge in [-0.2, -0.15) is 0 Å². The molecule has 0 saturated carbocycles. The van der Waals surface area contributed by atoms with Gasteiger partial charge in [-0.1, -0.05) is 11.6 Å². The second-order valence-corrected chi connectivity index (χ2v) is 7.12. The van der Waals surface area contributed by atoms with Crippen molar-refractivity contribution in [2.45, 2.75) is 12.8 Å². The van der Waals surface area contributed by atoms with E-state index in [0.29, 0.717) is 34.3 Å². The number of nitrogens with zero attached hydrogens (tertiary/aromatic N) is 1. The predicted octanol–water partition coefficient (Wildman–Crippen LogP) is 4.79. The van der Waals surface area contributed by atoms with Crippen LogP contribution in [-0.2, 0) is 6.42 Å². The SMILES string of the molecule is COc1ccc(Cl)cc1C(=O)Nc1ccc2c(c1)CCCN2C(=O)c1ccco1. The van der Waals surface area contributed by atoms with E-state index in [-0.39, 0.29) is 11.8 Å². The van der Waals surface area contributed by atoms with Gasteiger partial charge in [0.25, 0.3) is 11.8 Å². The van der Waals surface area contributed by atoms with Crippen LogP contribution < -0.4 is 15.0 Å². The quantitative estimate of drug-likeness (QED) is 0.671. The fourth-order valence-corrected chi connectivity index (χ4v) is 3.65. The second kappa shape index (κ2) is 8.01. The molecular weight excluding hydrogens is 392 g/mol. The molecule has 2 aromatic carbocycles. The summed E-state index contributed by atoms with van der Waals surface area (Å²) in [6.45, 7) is 0.623. The summed E-state index contributed by atoms with van der Waals surface area (Å²) >= 11 is 6.02. The van der Waals surface area contributed by atoms with Crippen molar-refractivity contribution in [1.82, 2.24) is 0 Å². The first-order valence-electron chi connectivity index (χ1n) is 9.20. The van der Waals surface area contributed by atoms with Crippen molar-refractivity contribution >= 4 is 34.8 Å². The van der Waals surface area contributed by atoms with Crippen LogP contribution in [0.4, 0.5) is 11.4 Å². The first-order chi connectivity index (χ1) is 14.1. The maximum Gasteiger partial charge on any atom is 0.293 e. The van der Waals surface area contributed by atoms with E-state index in [1.54, 1.807) is 41.3 Å². The third-order valence-corrected chi connectivity index (χ3v) is 5.07. The zero-order valence-electron chi connectivity index (χ0n) is 15.8. The summed E-state index contributed by atoms with van der Waals surface area (Å²) in [5, 5.41) is 3.33. The molecule has 0 unspecified atom stereocenters. The molecule has 148 valence electrons. The van der Waals surface area contributed by atoms with E-state index in [1.165, 1.54) is 13.4 Å². The molecule has 1 aliphatic heterocycles. The van der Waals surface area contributed by atoms with Crippen molar-refractivity contribution in [3.05, 3.63) is 76.7 Å². The lowest BCUT2D eigenvalue weighted by Gasteiger charge is -2.29. The summed E-state index contributed by atoms with van der Waals surface area (Å²) in [5.74, 6) is 0.267. The van der Waals surface area contributed by atoms with Gasteiger partial charge < -0.3 is 19.4 Å². The van der Waals surface area contributed by atoms with Gasteiger partial charge in [-0.05, 0) is 66.9 Å². The minimum atomic E-state index is -0.316. The summed E-state index contributed by atoms with van der Waals surface area (Å²) in [4.78, 5) is 27.1. The number of nitrogens with one attached hydrogen (secondary N) is 1. The Morgan fingerprint density at radius 3 is 2.79 bits per heavy atom. The number of halogens is 1. The van der Waals surface area contributed by atoms with Crippen LogP contribution in [0.25, 0.3) is 0 Å². The maximum absolute atomic E-state index is 12.7. The largest absolute Gasteiger partial charge is 0.496 e. The number of anilines is 2. The fraction of sp³-hybridized carbons (Fsp3) is 0.182. The van der Waals surface area contributed by atoms with E-state index in [2.05, 4.69) is 5.32 Å². The highest BCUT2D eigenvalue weighted by Gasteiger charge is 2.25. The Hall–Kier alpha value is -3.25. The van der Waals surface area contributed by atoms with Gasteiger partial charge in [0, 0.05) is 22.9 Å². The summed E-state index contributed by atoms with van der Waals surface area (Å²) in [7, 11) is 1.50. The topological polar surface area (TPSA) is 71.8 Å². The fourth-order valence-electron chi connectivity index (χ4n) is 3.48. The van der Waals surface area contributed by atoms with E-state index in [4.69, 9.17) is 20.8 Å². The number of ether oxygens (including phenoxy) is 1. The number of methoxy groups -OCH3 is 1. The standard InChI is InChI=1S/C22H19ClN2O4/c1-28-19-9-6-15(23)13-17(19)21(26)24-16-7-8-18-14(12-16)4-2-10-25(18)22(27)20-5-3-11-29-20/h3,5-9,11-13H,2,4,10H2,1H3,(H,24,26). The van der Waals surface area contributed by atoms with Gasteiger partial charge in [-0.25, -0.2) is 0 Å². The van der Waals surface area contributed by atoms with Crippen LogP contribution in [0.1, 0.15) is 32.9 Å². The Morgan fingerprint density at radius 1 is 1.17 bits per heavy atom. The molecule has 3 aromatic rings. The van der Waals surface area contributed by atoms with Crippen molar-refractivity contribution in [2.24, 2.45) is 0 Å². The van der Waals surface area contributed by atoms with E-state index >= 15 is 0 Å². The average molecular weight is 411 g/mol. The number of aryl methyl sites for hydroxylation is 1. The number of carbonyl (C=O) groups excluding carboxylic acids is 2. The van der Waals surface area contributed by atoms with Crippen LogP contribution in [-0.4, -0.2) is 25.5 Å².